The number of nitrogens with zero attached hydrogens (tertiary/aromatic N) is 2. The van der Waals surface area contributed by atoms with E-state index in [1.165, 1.54) is 5.56 Å². The van der Waals surface area contributed by atoms with Gasteiger partial charge in [0, 0.05) is 17.0 Å². The largest absolute Gasteiger partial charge is 0.349 e. The molecule has 0 saturated heterocycles. The highest BCUT2D eigenvalue weighted by atomic mass is 16.1. The maximum Gasteiger partial charge on any atom is 0.254 e. The van der Waals surface area contributed by atoms with E-state index < -0.39 is 0 Å². The van der Waals surface area contributed by atoms with Crippen molar-refractivity contribution in [2.24, 2.45) is 0 Å². The maximum atomic E-state index is 13.4. The molecule has 4 heteroatoms. The SMILES string of the molecule is Cc1ccc(-c2nnc3ccccc3c2C(=O)N[C@H](C)CCc2ccccc2)cc1. The van der Waals surface area contributed by atoms with Crippen LogP contribution >= 0.6 is 0 Å². The van der Waals surface area contributed by atoms with Crippen LogP contribution in [-0.2, 0) is 6.42 Å². The van der Waals surface area contributed by atoms with Gasteiger partial charge in [-0.05, 0) is 38.3 Å². The smallest absolute Gasteiger partial charge is 0.254 e. The fraction of sp³-hybridized carbons (Fsp3) is 0.192. The summed E-state index contributed by atoms with van der Waals surface area (Å²) in [6, 6.07) is 26.1. The molecule has 1 atom stereocenters. The summed E-state index contributed by atoms with van der Waals surface area (Å²) in [5.41, 5.74) is 5.23. The number of aryl methyl sites for hydroxylation is 2. The second kappa shape index (κ2) is 8.87. The summed E-state index contributed by atoms with van der Waals surface area (Å²) in [5.74, 6) is -0.114. The van der Waals surface area contributed by atoms with Crippen LogP contribution < -0.4 is 5.32 Å². The Morgan fingerprint density at radius 1 is 0.900 bits per heavy atom. The minimum absolute atomic E-state index is 0.0375. The molecule has 0 aliphatic heterocycles. The number of aromatic nitrogens is 2. The number of carbonyl (C=O) groups is 1. The van der Waals surface area contributed by atoms with Crippen LogP contribution in [-0.4, -0.2) is 22.1 Å². The second-order valence-corrected chi connectivity index (χ2v) is 7.71. The fourth-order valence-electron chi connectivity index (χ4n) is 3.59. The highest BCUT2D eigenvalue weighted by Crippen LogP contribution is 2.27. The first-order valence-electron chi connectivity index (χ1n) is 10.3. The standard InChI is InChI=1S/C26H25N3O/c1-18-12-16-21(17-13-18)25-24(22-10-6-7-11-23(22)28-29-25)26(30)27-19(2)14-15-20-8-4-3-5-9-20/h3-13,16-17,19H,14-15H2,1-2H3,(H,27,30)/t19-/m1/s1. The topological polar surface area (TPSA) is 54.9 Å². The quantitative estimate of drug-likeness (QED) is 0.478. The van der Waals surface area contributed by atoms with Gasteiger partial charge in [0.2, 0.25) is 0 Å². The highest BCUT2D eigenvalue weighted by Gasteiger charge is 2.20. The van der Waals surface area contributed by atoms with Gasteiger partial charge in [0.05, 0.1) is 11.1 Å². The summed E-state index contributed by atoms with van der Waals surface area (Å²) >= 11 is 0. The van der Waals surface area contributed by atoms with Gasteiger partial charge < -0.3 is 5.32 Å². The van der Waals surface area contributed by atoms with Gasteiger partial charge in [0.15, 0.2) is 0 Å². The monoisotopic (exact) mass is 395 g/mol. The van der Waals surface area contributed by atoms with Crippen molar-refractivity contribution in [2.45, 2.75) is 32.7 Å². The number of amides is 1. The first-order chi connectivity index (χ1) is 14.6. The van der Waals surface area contributed by atoms with E-state index in [9.17, 15) is 4.79 Å². The first-order valence-corrected chi connectivity index (χ1v) is 10.3. The van der Waals surface area contributed by atoms with E-state index in [0.717, 1.165) is 34.9 Å². The van der Waals surface area contributed by atoms with Crippen molar-refractivity contribution in [1.29, 1.82) is 0 Å². The van der Waals surface area contributed by atoms with Crippen molar-refractivity contribution in [2.75, 3.05) is 0 Å². The Hall–Kier alpha value is -3.53. The van der Waals surface area contributed by atoms with Gasteiger partial charge in [-0.2, -0.15) is 0 Å². The average molecular weight is 396 g/mol. The number of hydrogen-bond donors (Lipinski definition) is 1. The minimum atomic E-state index is -0.114. The lowest BCUT2D eigenvalue weighted by atomic mass is 9.99. The number of hydrogen-bond acceptors (Lipinski definition) is 3. The second-order valence-electron chi connectivity index (χ2n) is 7.71. The van der Waals surface area contributed by atoms with Gasteiger partial charge in [0.1, 0.15) is 5.69 Å². The normalized spacial score (nSPS) is 11.9. The van der Waals surface area contributed by atoms with Crippen molar-refractivity contribution >= 4 is 16.8 Å². The Morgan fingerprint density at radius 2 is 1.60 bits per heavy atom. The molecule has 1 aromatic heterocycles. The summed E-state index contributed by atoms with van der Waals surface area (Å²) in [6.45, 7) is 4.08. The Morgan fingerprint density at radius 3 is 2.37 bits per heavy atom. The van der Waals surface area contributed by atoms with Crippen LogP contribution in [0.25, 0.3) is 22.2 Å². The third-order valence-electron chi connectivity index (χ3n) is 5.31. The molecule has 1 amide bonds. The fourth-order valence-corrected chi connectivity index (χ4v) is 3.59. The lowest BCUT2D eigenvalue weighted by Gasteiger charge is -2.17. The summed E-state index contributed by atoms with van der Waals surface area (Å²) in [5, 5.41) is 12.8. The number of benzene rings is 3. The van der Waals surface area contributed by atoms with Gasteiger partial charge >= 0.3 is 0 Å². The molecule has 1 N–H and O–H groups in total. The molecule has 4 rings (SSSR count). The van der Waals surface area contributed by atoms with E-state index in [4.69, 9.17) is 0 Å². The Bertz CT molecular complexity index is 1150. The van der Waals surface area contributed by atoms with E-state index in [-0.39, 0.29) is 11.9 Å². The molecular weight excluding hydrogens is 370 g/mol. The Labute approximate surface area is 177 Å². The number of nitrogens with one attached hydrogen (secondary N) is 1. The zero-order valence-corrected chi connectivity index (χ0v) is 17.3. The Balaban J connectivity index is 1.63. The molecule has 0 unspecified atom stereocenters. The summed E-state index contributed by atoms with van der Waals surface area (Å²) in [7, 11) is 0. The molecule has 0 aliphatic rings. The van der Waals surface area contributed by atoms with E-state index in [1.807, 2.05) is 80.6 Å². The van der Waals surface area contributed by atoms with Crippen LogP contribution in [0.1, 0.15) is 34.8 Å². The molecule has 0 radical (unpaired) electrons. The summed E-state index contributed by atoms with van der Waals surface area (Å²) in [4.78, 5) is 13.4. The van der Waals surface area contributed by atoms with Gasteiger partial charge in [-0.15, -0.1) is 10.2 Å². The van der Waals surface area contributed by atoms with Crippen molar-refractivity contribution in [3.63, 3.8) is 0 Å². The van der Waals surface area contributed by atoms with Crippen molar-refractivity contribution in [3.05, 3.63) is 95.6 Å². The molecule has 0 fully saturated rings. The van der Waals surface area contributed by atoms with Crippen LogP contribution in [0.3, 0.4) is 0 Å². The predicted octanol–water partition coefficient (Wildman–Crippen LogP) is 5.36. The first kappa shape index (κ1) is 19.8. The van der Waals surface area contributed by atoms with Crippen molar-refractivity contribution < 1.29 is 4.79 Å². The van der Waals surface area contributed by atoms with Crippen LogP contribution in [0.4, 0.5) is 0 Å². The molecule has 4 nitrogen and oxygen atoms in total. The summed E-state index contributed by atoms with van der Waals surface area (Å²) < 4.78 is 0. The van der Waals surface area contributed by atoms with Crippen LogP contribution in [0.2, 0.25) is 0 Å². The third-order valence-corrected chi connectivity index (χ3v) is 5.31. The number of rotatable bonds is 6. The van der Waals surface area contributed by atoms with Gasteiger partial charge in [-0.1, -0.05) is 78.4 Å². The summed E-state index contributed by atoms with van der Waals surface area (Å²) in [6.07, 6.45) is 1.79. The zero-order valence-electron chi connectivity index (χ0n) is 17.3. The van der Waals surface area contributed by atoms with Crippen LogP contribution in [0, 0.1) is 6.92 Å². The van der Waals surface area contributed by atoms with E-state index >= 15 is 0 Å². The van der Waals surface area contributed by atoms with E-state index in [0.29, 0.717) is 11.3 Å². The Kier molecular flexibility index (Phi) is 5.84. The maximum absolute atomic E-state index is 13.4. The zero-order chi connectivity index (χ0) is 20.9. The minimum Gasteiger partial charge on any atom is -0.349 e. The molecule has 0 saturated carbocycles. The van der Waals surface area contributed by atoms with Gasteiger partial charge in [-0.3, -0.25) is 4.79 Å². The lowest BCUT2D eigenvalue weighted by molar-refractivity contribution is 0.0940. The number of fused-ring (bicyclic) bond motifs is 1. The number of carbonyl (C=O) groups excluding carboxylic acids is 1. The van der Waals surface area contributed by atoms with Gasteiger partial charge in [0.25, 0.3) is 5.91 Å². The van der Waals surface area contributed by atoms with E-state index in [1.54, 1.807) is 0 Å². The molecular formula is C26H25N3O. The van der Waals surface area contributed by atoms with Gasteiger partial charge in [-0.25, -0.2) is 0 Å². The van der Waals surface area contributed by atoms with Crippen LogP contribution in [0.5, 0.6) is 0 Å². The molecule has 3 aromatic carbocycles. The molecule has 0 spiro atoms. The molecule has 0 bridgehead atoms. The molecule has 0 aliphatic carbocycles. The molecule has 30 heavy (non-hydrogen) atoms. The average Bonchev–Trinajstić information content (AvgIpc) is 2.78. The highest BCUT2D eigenvalue weighted by molar-refractivity contribution is 6.10. The molecule has 4 aromatic rings. The van der Waals surface area contributed by atoms with Crippen molar-refractivity contribution in [1.82, 2.24) is 15.5 Å². The lowest BCUT2D eigenvalue weighted by Crippen LogP contribution is -2.33. The molecule has 150 valence electrons. The van der Waals surface area contributed by atoms with Crippen molar-refractivity contribution in [3.8, 4) is 11.3 Å². The predicted molar refractivity (Wildman–Crippen MR) is 121 cm³/mol. The molecule has 1 heterocycles. The van der Waals surface area contributed by atoms with Crippen LogP contribution in [0.15, 0.2) is 78.9 Å². The third kappa shape index (κ3) is 4.38. The van der Waals surface area contributed by atoms with E-state index in [2.05, 4.69) is 27.6 Å².